The average Bonchev–Trinajstić information content (AvgIpc) is 3.73. The number of hydrogen-bond donors (Lipinski definition) is 0. The maximum Gasteiger partial charge on any atom is 0.311 e. The van der Waals surface area contributed by atoms with Crippen molar-refractivity contribution in [2.24, 2.45) is 22.7 Å². The normalized spacial score (nSPS) is 15.6. The molecule has 0 aromatic heterocycles. The van der Waals surface area contributed by atoms with E-state index < -0.39 is 5.41 Å². The Morgan fingerprint density at radius 3 is 1.43 bits per heavy atom. The molecular weight excluding hydrogens is 859 g/mol. The van der Waals surface area contributed by atoms with Crippen LogP contribution in [0.5, 0.6) is 0 Å². The molecule has 0 amide bonds. The lowest BCUT2D eigenvalue weighted by Crippen LogP contribution is -2.35. The average molecular weight is 979 g/mol. The molecule has 0 bridgehead atoms. The fourth-order valence-electron chi connectivity index (χ4n) is 9.09. The van der Waals surface area contributed by atoms with Crippen LogP contribution in [-0.4, -0.2) is 66.5 Å². The predicted molar refractivity (Wildman–Crippen MR) is 295 cm³/mol. The highest BCUT2D eigenvalue weighted by Gasteiger charge is 2.37. The van der Waals surface area contributed by atoms with Gasteiger partial charge < -0.3 is 14.2 Å². The second kappa shape index (κ2) is 44.7. The lowest BCUT2D eigenvalue weighted by molar-refractivity contribution is -0.161. The van der Waals surface area contributed by atoms with Gasteiger partial charge >= 0.3 is 17.9 Å². The summed E-state index contributed by atoms with van der Waals surface area (Å²) >= 11 is 0. The van der Waals surface area contributed by atoms with Crippen LogP contribution >= 0.6 is 0 Å². The fraction of sp³-hybridized carbons (Fsp3) is 0.934. The number of ketones is 1. The first kappa shape index (κ1) is 69.1. The zero-order valence-corrected chi connectivity index (χ0v) is 48.6. The minimum atomic E-state index is -0.505. The van der Waals surface area contributed by atoms with Crippen molar-refractivity contribution in [1.29, 1.82) is 0 Å². The Morgan fingerprint density at radius 2 is 0.971 bits per heavy atom. The molecule has 0 aliphatic carbocycles. The summed E-state index contributed by atoms with van der Waals surface area (Å²) in [5.74, 6) is 0.937. The third-order valence-corrected chi connectivity index (χ3v) is 14.6. The van der Waals surface area contributed by atoms with Gasteiger partial charge in [-0.3, -0.25) is 24.1 Å². The Kier molecular flexibility index (Phi) is 44.8. The molecule has 8 nitrogen and oxygen atoms in total. The Hall–Kier alpha value is -1.96. The van der Waals surface area contributed by atoms with E-state index in [9.17, 15) is 19.2 Å². The Bertz CT molecular complexity index is 1220. The molecule has 1 rings (SSSR count). The second-order valence-electron chi connectivity index (χ2n) is 22.5. The number of carbonyl (C=O) groups is 4. The monoisotopic (exact) mass is 978 g/mol. The molecule has 3 atom stereocenters. The third kappa shape index (κ3) is 37.5. The summed E-state index contributed by atoms with van der Waals surface area (Å²) in [6.45, 7) is 31.1. The SMILES string of the molecule is CC.CCCCCCCCCC(C)(C)C(=O)OC(CCCCCC)CCCCCC.CCCCCCCCCCCOC(=O)C(C)(C)CCCCN1CC(OC(=O)CCC(C)C(C)C)CC1C(C)=O. The van der Waals surface area contributed by atoms with Gasteiger partial charge in [-0.05, 0) is 111 Å². The summed E-state index contributed by atoms with van der Waals surface area (Å²) in [6, 6.07) is -0.188. The Labute approximate surface area is 429 Å². The zero-order chi connectivity index (χ0) is 52.4. The zero-order valence-electron chi connectivity index (χ0n) is 48.6. The van der Waals surface area contributed by atoms with Crippen molar-refractivity contribution in [3.63, 3.8) is 0 Å². The van der Waals surface area contributed by atoms with E-state index in [-0.39, 0.29) is 47.4 Å². The van der Waals surface area contributed by atoms with Crippen LogP contribution in [-0.2, 0) is 33.4 Å². The smallest absolute Gasteiger partial charge is 0.311 e. The molecular formula is C61H119NO7. The fourth-order valence-corrected chi connectivity index (χ4v) is 9.09. The summed E-state index contributed by atoms with van der Waals surface area (Å²) in [6.07, 6.45) is 37.7. The number of likely N-dealkylation sites (tertiary alicyclic amines) is 1. The second-order valence-corrected chi connectivity index (χ2v) is 22.5. The van der Waals surface area contributed by atoms with Crippen molar-refractivity contribution in [3.05, 3.63) is 0 Å². The molecule has 0 aromatic carbocycles. The molecule has 69 heavy (non-hydrogen) atoms. The minimum absolute atomic E-state index is 0.0365. The number of rotatable bonds is 42. The van der Waals surface area contributed by atoms with Gasteiger partial charge in [0.25, 0.3) is 0 Å². The van der Waals surface area contributed by atoms with Gasteiger partial charge in [-0.25, -0.2) is 0 Å². The topological polar surface area (TPSA) is 99.2 Å². The number of ether oxygens (including phenoxy) is 3. The summed E-state index contributed by atoms with van der Waals surface area (Å²) < 4.78 is 17.4. The number of hydrogen-bond acceptors (Lipinski definition) is 8. The Morgan fingerprint density at radius 1 is 0.551 bits per heavy atom. The molecule has 3 unspecified atom stereocenters. The number of carbonyl (C=O) groups excluding carboxylic acids is 4. The van der Waals surface area contributed by atoms with Crippen LogP contribution in [0.3, 0.4) is 0 Å². The van der Waals surface area contributed by atoms with Gasteiger partial charge in [0.1, 0.15) is 18.0 Å². The van der Waals surface area contributed by atoms with Crippen molar-refractivity contribution in [3.8, 4) is 0 Å². The van der Waals surface area contributed by atoms with Crippen LogP contribution in [0.15, 0.2) is 0 Å². The van der Waals surface area contributed by atoms with E-state index in [0.717, 1.165) is 70.8 Å². The predicted octanol–water partition coefficient (Wildman–Crippen LogP) is 17.9. The maximum absolute atomic E-state index is 12.8. The van der Waals surface area contributed by atoms with Crippen LogP contribution in [0.4, 0.5) is 0 Å². The molecule has 0 aromatic rings. The van der Waals surface area contributed by atoms with Gasteiger partial charge in [-0.1, -0.05) is 204 Å². The van der Waals surface area contributed by atoms with Crippen LogP contribution in [0.25, 0.3) is 0 Å². The van der Waals surface area contributed by atoms with Crippen LogP contribution in [0, 0.1) is 22.7 Å². The van der Waals surface area contributed by atoms with Crippen molar-refractivity contribution >= 4 is 23.7 Å². The number of nitrogens with zero attached hydrogens (tertiary/aromatic N) is 1. The lowest BCUT2D eigenvalue weighted by Gasteiger charge is -2.27. The van der Waals surface area contributed by atoms with E-state index >= 15 is 0 Å². The number of unbranched alkanes of at least 4 members (excludes halogenated alkanes) is 21. The lowest BCUT2D eigenvalue weighted by atomic mass is 9.86. The van der Waals surface area contributed by atoms with E-state index in [1.54, 1.807) is 6.92 Å². The first-order valence-electron chi connectivity index (χ1n) is 29.8. The summed E-state index contributed by atoms with van der Waals surface area (Å²) in [5.41, 5.74) is -0.843. The quantitative estimate of drug-likeness (QED) is 0.0339. The van der Waals surface area contributed by atoms with Crippen molar-refractivity contribution in [2.75, 3.05) is 19.7 Å². The largest absolute Gasteiger partial charge is 0.465 e. The Balaban J connectivity index is 0. The summed E-state index contributed by atoms with van der Waals surface area (Å²) in [5, 5.41) is 0. The van der Waals surface area contributed by atoms with E-state index in [4.69, 9.17) is 14.2 Å². The molecule has 0 spiro atoms. The minimum Gasteiger partial charge on any atom is -0.465 e. The summed E-state index contributed by atoms with van der Waals surface area (Å²) in [4.78, 5) is 52.3. The van der Waals surface area contributed by atoms with Crippen molar-refractivity contribution in [2.45, 2.75) is 327 Å². The molecule has 1 heterocycles. The standard InChI is InChI=1S/C33H61NO5.C26H52O2.C2H6/c1-8-9-10-11-12-13-14-15-18-23-38-32(37)33(6,7)21-16-17-22-34-25-29(24-30(34)28(5)35)39-31(36)20-19-27(4)26(2)3;1-6-9-12-15-16-17-20-23-26(4,5)25(27)28-24(21-18-13-10-7-2)22-19-14-11-8-3;1-2/h26-27,29-30H,8-25H2,1-7H3;24H,6-23H2,1-5H3;1-2H3. The molecule has 1 saturated heterocycles. The van der Waals surface area contributed by atoms with E-state index in [1.807, 2.05) is 27.7 Å². The highest BCUT2D eigenvalue weighted by Crippen LogP contribution is 2.30. The highest BCUT2D eigenvalue weighted by molar-refractivity contribution is 5.82. The highest BCUT2D eigenvalue weighted by atomic mass is 16.6. The maximum atomic E-state index is 12.8. The first-order chi connectivity index (χ1) is 32.9. The van der Waals surface area contributed by atoms with Gasteiger partial charge in [0.2, 0.25) is 0 Å². The van der Waals surface area contributed by atoms with E-state index in [1.165, 1.54) is 135 Å². The van der Waals surface area contributed by atoms with Gasteiger partial charge in [0.05, 0.1) is 23.5 Å². The van der Waals surface area contributed by atoms with Gasteiger partial charge in [0.15, 0.2) is 0 Å². The number of esters is 3. The first-order valence-corrected chi connectivity index (χ1v) is 29.8. The molecule has 0 saturated carbocycles. The van der Waals surface area contributed by atoms with Gasteiger partial charge in [0, 0.05) is 19.4 Å². The van der Waals surface area contributed by atoms with E-state index in [2.05, 4.69) is 67.2 Å². The third-order valence-electron chi connectivity index (χ3n) is 14.6. The molecule has 0 N–H and O–H groups in total. The summed E-state index contributed by atoms with van der Waals surface area (Å²) in [7, 11) is 0. The van der Waals surface area contributed by atoms with Gasteiger partial charge in [-0.15, -0.1) is 0 Å². The van der Waals surface area contributed by atoms with Crippen molar-refractivity contribution < 1.29 is 33.4 Å². The molecule has 1 fully saturated rings. The van der Waals surface area contributed by atoms with Crippen LogP contribution in [0.2, 0.25) is 0 Å². The molecule has 1 aliphatic rings. The number of Topliss-reactive ketones (excluding diaryl/α,β-unsaturated/α-hetero) is 1. The van der Waals surface area contributed by atoms with E-state index in [0.29, 0.717) is 37.8 Å². The van der Waals surface area contributed by atoms with Crippen LogP contribution < -0.4 is 0 Å². The van der Waals surface area contributed by atoms with Crippen molar-refractivity contribution in [1.82, 2.24) is 4.90 Å². The molecule has 410 valence electrons. The molecule has 0 radical (unpaired) electrons. The molecule has 1 aliphatic heterocycles. The van der Waals surface area contributed by atoms with Gasteiger partial charge in [-0.2, -0.15) is 0 Å². The van der Waals surface area contributed by atoms with Crippen LogP contribution in [0.1, 0.15) is 309 Å². The molecule has 8 heteroatoms.